The van der Waals surface area contributed by atoms with Crippen LogP contribution in [0.15, 0.2) is 76.1 Å². The maximum atomic E-state index is 12.7. The molecule has 1 fully saturated rings. The highest BCUT2D eigenvalue weighted by Crippen LogP contribution is 2.34. The van der Waals surface area contributed by atoms with E-state index < -0.39 is 0 Å². The van der Waals surface area contributed by atoms with Crippen LogP contribution >= 0.6 is 11.8 Å². The summed E-state index contributed by atoms with van der Waals surface area (Å²) in [5, 5.41) is -0.290. The third kappa shape index (κ3) is 3.73. The van der Waals surface area contributed by atoms with Gasteiger partial charge in [-0.2, -0.15) is 0 Å². The van der Waals surface area contributed by atoms with Crippen LogP contribution in [0.5, 0.6) is 5.75 Å². The van der Waals surface area contributed by atoms with E-state index in [0.29, 0.717) is 16.4 Å². The third-order valence-corrected chi connectivity index (χ3v) is 5.24. The highest BCUT2D eigenvalue weighted by molar-refractivity contribution is 8.18. The van der Waals surface area contributed by atoms with Crippen LogP contribution in [-0.2, 0) is 11.3 Å². The van der Waals surface area contributed by atoms with E-state index in [1.165, 1.54) is 4.90 Å². The molecule has 140 valence electrons. The summed E-state index contributed by atoms with van der Waals surface area (Å²) >= 11 is 0.922. The Balaban J connectivity index is 1.51. The smallest absolute Gasteiger partial charge is 0.293 e. The number of ether oxygens (including phenoxy) is 1. The molecule has 2 heterocycles. The van der Waals surface area contributed by atoms with E-state index in [0.717, 1.165) is 28.6 Å². The van der Waals surface area contributed by atoms with Crippen molar-refractivity contribution in [2.45, 2.75) is 6.54 Å². The lowest BCUT2D eigenvalue weighted by atomic mass is 10.2. The van der Waals surface area contributed by atoms with Gasteiger partial charge in [0.1, 0.15) is 17.3 Å². The Hall–Kier alpha value is -3.25. The lowest BCUT2D eigenvalue weighted by Crippen LogP contribution is -2.27. The number of hydrogen-bond acceptors (Lipinski definition) is 5. The topological polar surface area (TPSA) is 59.8 Å². The van der Waals surface area contributed by atoms with Crippen molar-refractivity contribution in [2.24, 2.45) is 0 Å². The molecule has 1 aromatic heterocycles. The van der Waals surface area contributed by atoms with Gasteiger partial charge in [0.15, 0.2) is 0 Å². The van der Waals surface area contributed by atoms with E-state index in [1.54, 1.807) is 31.4 Å². The van der Waals surface area contributed by atoms with Crippen molar-refractivity contribution in [1.82, 2.24) is 4.90 Å². The number of furan rings is 1. The van der Waals surface area contributed by atoms with Crippen LogP contribution in [0.2, 0.25) is 0 Å². The van der Waals surface area contributed by atoms with Gasteiger partial charge >= 0.3 is 0 Å². The Morgan fingerprint density at radius 3 is 2.46 bits per heavy atom. The predicted molar refractivity (Wildman–Crippen MR) is 109 cm³/mol. The van der Waals surface area contributed by atoms with Crippen molar-refractivity contribution in [3.8, 4) is 17.1 Å². The van der Waals surface area contributed by atoms with Crippen LogP contribution in [0.25, 0.3) is 17.4 Å². The minimum absolute atomic E-state index is 0.222. The molecule has 5 nitrogen and oxygen atoms in total. The summed E-state index contributed by atoms with van der Waals surface area (Å²) in [6.45, 7) is 0.222. The lowest BCUT2D eigenvalue weighted by Gasteiger charge is -2.12. The Labute approximate surface area is 166 Å². The second-order valence-electron chi connectivity index (χ2n) is 6.18. The minimum Gasteiger partial charge on any atom is -0.497 e. The Morgan fingerprint density at radius 1 is 1.00 bits per heavy atom. The molecule has 1 aliphatic heterocycles. The summed E-state index contributed by atoms with van der Waals surface area (Å²) in [5.74, 6) is 1.66. The number of rotatable bonds is 5. The van der Waals surface area contributed by atoms with Gasteiger partial charge in [0.2, 0.25) is 0 Å². The van der Waals surface area contributed by atoms with Gasteiger partial charge in [-0.1, -0.05) is 42.5 Å². The molecule has 0 bridgehead atoms. The van der Waals surface area contributed by atoms with Crippen LogP contribution in [0.1, 0.15) is 11.3 Å². The van der Waals surface area contributed by atoms with Crippen LogP contribution in [0, 0.1) is 0 Å². The Morgan fingerprint density at radius 2 is 1.75 bits per heavy atom. The van der Waals surface area contributed by atoms with E-state index >= 15 is 0 Å². The van der Waals surface area contributed by atoms with Crippen molar-refractivity contribution in [3.05, 3.63) is 83.0 Å². The number of methoxy groups -OCH3 is 1. The third-order valence-electron chi connectivity index (χ3n) is 4.33. The fraction of sp³-hybridized carbons (Fsp3) is 0.0909. The van der Waals surface area contributed by atoms with Gasteiger partial charge in [-0.25, -0.2) is 0 Å². The van der Waals surface area contributed by atoms with Gasteiger partial charge in [0.25, 0.3) is 11.1 Å². The number of nitrogens with zero attached hydrogens (tertiary/aromatic N) is 1. The average Bonchev–Trinajstić information content (AvgIpc) is 3.30. The van der Waals surface area contributed by atoms with Crippen molar-refractivity contribution < 1.29 is 18.7 Å². The zero-order chi connectivity index (χ0) is 19.5. The largest absolute Gasteiger partial charge is 0.497 e. The van der Waals surface area contributed by atoms with E-state index in [9.17, 15) is 9.59 Å². The zero-order valence-corrected chi connectivity index (χ0v) is 15.9. The summed E-state index contributed by atoms with van der Waals surface area (Å²) in [4.78, 5) is 26.6. The highest BCUT2D eigenvalue weighted by Gasteiger charge is 2.35. The molecule has 2 amide bonds. The summed E-state index contributed by atoms with van der Waals surface area (Å²) in [6, 6.07) is 20.6. The molecule has 0 saturated carbocycles. The number of hydrogen-bond donors (Lipinski definition) is 0. The number of carbonyl (C=O) groups is 2. The van der Waals surface area contributed by atoms with Crippen molar-refractivity contribution in [3.63, 3.8) is 0 Å². The Bertz CT molecular complexity index is 1040. The van der Waals surface area contributed by atoms with Crippen LogP contribution in [0.3, 0.4) is 0 Å². The van der Waals surface area contributed by atoms with Crippen LogP contribution in [-0.4, -0.2) is 23.2 Å². The molecule has 0 spiro atoms. The van der Waals surface area contributed by atoms with E-state index in [2.05, 4.69) is 0 Å². The standard InChI is InChI=1S/C22H17NO4S/c1-26-17-9-7-15(8-10-17)14-23-21(24)20(28-22(23)25)13-18-11-12-19(27-18)16-5-3-2-4-6-16/h2-13H,14H2,1H3. The molecule has 1 aliphatic rings. The van der Waals surface area contributed by atoms with E-state index in [-0.39, 0.29) is 17.7 Å². The van der Waals surface area contributed by atoms with Crippen LogP contribution < -0.4 is 4.74 Å². The highest BCUT2D eigenvalue weighted by atomic mass is 32.2. The van der Waals surface area contributed by atoms with Crippen LogP contribution in [0.4, 0.5) is 4.79 Å². The maximum absolute atomic E-state index is 12.7. The first-order valence-corrected chi connectivity index (χ1v) is 9.49. The number of carbonyl (C=O) groups excluding carboxylic acids is 2. The number of thioether (sulfide) groups is 1. The molecule has 4 rings (SSSR count). The second-order valence-corrected chi connectivity index (χ2v) is 7.18. The summed E-state index contributed by atoms with van der Waals surface area (Å²) in [5.41, 5.74) is 1.81. The van der Waals surface area contributed by atoms with Crippen molar-refractivity contribution in [2.75, 3.05) is 7.11 Å². The monoisotopic (exact) mass is 391 g/mol. The summed E-state index contributed by atoms with van der Waals surface area (Å²) < 4.78 is 10.9. The first kappa shape index (κ1) is 18.1. The number of imide groups is 1. The molecule has 0 aliphatic carbocycles. The first-order valence-electron chi connectivity index (χ1n) is 8.67. The summed E-state index contributed by atoms with van der Waals surface area (Å²) in [6.07, 6.45) is 1.62. The van der Waals surface area contributed by atoms with E-state index in [4.69, 9.17) is 9.15 Å². The Kier molecular flexibility index (Phi) is 5.04. The molecule has 3 aromatic rings. The second kappa shape index (κ2) is 7.78. The average molecular weight is 391 g/mol. The van der Waals surface area contributed by atoms with Gasteiger partial charge in [-0.15, -0.1) is 0 Å². The van der Waals surface area contributed by atoms with Gasteiger partial charge in [0.05, 0.1) is 18.6 Å². The van der Waals surface area contributed by atoms with Gasteiger partial charge in [0, 0.05) is 11.6 Å². The van der Waals surface area contributed by atoms with Gasteiger partial charge in [-0.3, -0.25) is 14.5 Å². The van der Waals surface area contributed by atoms with Gasteiger partial charge in [-0.05, 0) is 41.6 Å². The van der Waals surface area contributed by atoms with Gasteiger partial charge < -0.3 is 9.15 Å². The molecule has 0 radical (unpaired) electrons. The molecule has 6 heteroatoms. The van der Waals surface area contributed by atoms with Crippen molar-refractivity contribution in [1.29, 1.82) is 0 Å². The molecule has 0 unspecified atom stereocenters. The van der Waals surface area contributed by atoms with Crippen molar-refractivity contribution >= 4 is 29.0 Å². The quantitative estimate of drug-likeness (QED) is 0.560. The number of benzene rings is 2. The SMILES string of the molecule is COc1ccc(CN2C(=O)SC(=Cc3ccc(-c4ccccc4)o3)C2=O)cc1. The molecule has 28 heavy (non-hydrogen) atoms. The zero-order valence-electron chi connectivity index (χ0n) is 15.1. The molecule has 1 saturated heterocycles. The maximum Gasteiger partial charge on any atom is 0.293 e. The minimum atomic E-state index is -0.316. The molecule has 0 N–H and O–H groups in total. The predicted octanol–water partition coefficient (Wildman–Crippen LogP) is 5.19. The summed E-state index contributed by atoms with van der Waals surface area (Å²) in [7, 11) is 1.59. The molecule has 0 atom stereocenters. The number of amides is 2. The fourth-order valence-corrected chi connectivity index (χ4v) is 3.69. The normalized spacial score (nSPS) is 15.5. The molecule has 2 aromatic carbocycles. The first-order chi connectivity index (χ1) is 13.6. The molecular weight excluding hydrogens is 374 g/mol. The lowest BCUT2D eigenvalue weighted by molar-refractivity contribution is -0.123. The fourth-order valence-electron chi connectivity index (χ4n) is 2.87. The van der Waals surface area contributed by atoms with E-state index in [1.807, 2.05) is 48.5 Å². The molecular formula is C22H17NO4S.